The Balaban J connectivity index is 2.89. The first-order valence-corrected chi connectivity index (χ1v) is 6.32. The number of nitrogens with two attached hydrogens (primary N) is 1. The number of pyridine rings is 1. The van der Waals surface area contributed by atoms with Crippen molar-refractivity contribution in [2.75, 3.05) is 19.5 Å². The molecule has 0 aliphatic rings. The summed E-state index contributed by atoms with van der Waals surface area (Å²) in [5.41, 5.74) is 5.41. The summed E-state index contributed by atoms with van der Waals surface area (Å²) in [5, 5.41) is 22.6. The van der Waals surface area contributed by atoms with Crippen molar-refractivity contribution in [3.63, 3.8) is 0 Å². The molecule has 0 aromatic carbocycles. The van der Waals surface area contributed by atoms with Crippen molar-refractivity contribution in [1.82, 2.24) is 4.98 Å². The summed E-state index contributed by atoms with van der Waals surface area (Å²) in [6.45, 7) is 0.586. The van der Waals surface area contributed by atoms with E-state index in [1.807, 2.05) is 0 Å². The fourth-order valence-electron chi connectivity index (χ4n) is 1.25. The van der Waals surface area contributed by atoms with Gasteiger partial charge in [-0.1, -0.05) is 16.9 Å². The Bertz CT molecular complexity index is 481. The number of methoxy groups -OCH3 is 1. The van der Waals surface area contributed by atoms with Gasteiger partial charge in [0, 0.05) is 37.3 Å². The predicted octanol–water partition coefficient (Wildman–Crippen LogP) is 1.21. The largest absolute Gasteiger partial charge is 0.409 e. The minimum Gasteiger partial charge on any atom is -0.409 e. The molecule has 1 aromatic heterocycles. The van der Waals surface area contributed by atoms with Gasteiger partial charge in [-0.25, -0.2) is 4.98 Å². The Morgan fingerprint density at radius 3 is 3.05 bits per heavy atom. The maximum absolute atomic E-state index is 11.0. The Hall–Kier alpha value is -1.87. The molecule has 0 unspecified atom stereocenters. The van der Waals surface area contributed by atoms with Crippen LogP contribution < -0.4 is 5.73 Å². The van der Waals surface area contributed by atoms with Crippen molar-refractivity contribution in [1.29, 1.82) is 0 Å². The van der Waals surface area contributed by atoms with Gasteiger partial charge in [-0.05, 0) is 6.42 Å². The highest BCUT2D eigenvalue weighted by Gasteiger charge is 2.18. The molecule has 0 aliphatic carbocycles. The number of thioether (sulfide) groups is 1. The first-order chi connectivity index (χ1) is 9.10. The molecule has 0 fully saturated rings. The van der Waals surface area contributed by atoms with E-state index in [-0.39, 0.29) is 17.1 Å². The van der Waals surface area contributed by atoms with E-state index in [1.165, 1.54) is 24.0 Å². The van der Waals surface area contributed by atoms with Crippen molar-refractivity contribution in [3.8, 4) is 0 Å². The van der Waals surface area contributed by atoms with Gasteiger partial charge in [-0.15, -0.1) is 0 Å². The van der Waals surface area contributed by atoms with Crippen molar-refractivity contribution in [2.24, 2.45) is 10.9 Å². The fraction of sp³-hybridized carbons (Fsp3) is 0.400. The second-order valence-electron chi connectivity index (χ2n) is 3.49. The number of nitro groups is 1. The molecule has 0 saturated carbocycles. The first kappa shape index (κ1) is 15.2. The van der Waals surface area contributed by atoms with E-state index in [2.05, 4.69) is 10.1 Å². The van der Waals surface area contributed by atoms with E-state index >= 15 is 0 Å². The Morgan fingerprint density at radius 1 is 1.74 bits per heavy atom. The highest BCUT2D eigenvalue weighted by Crippen LogP contribution is 2.28. The zero-order valence-electron chi connectivity index (χ0n) is 10.3. The summed E-state index contributed by atoms with van der Waals surface area (Å²) in [7, 11) is 1.59. The molecule has 1 aromatic rings. The number of rotatable bonds is 7. The van der Waals surface area contributed by atoms with Gasteiger partial charge in [0.05, 0.1) is 4.92 Å². The number of oxime groups is 1. The van der Waals surface area contributed by atoms with Crippen LogP contribution in [0.5, 0.6) is 0 Å². The lowest BCUT2D eigenvalue weighted by Crippen LogP contribution is -2.14. The van der Waals surface area contributed by atoms with Crippen molar-refractivity contribution >= 4 is 23.3 Å². The molecule has 0 amide bonds. The lowest BCUT2D eigenvalue weighted by atomic mass is 10.2. The Morgan fingerprint density at radius 2 is 2.47 bits per heavy atom. The molecule has 0 atom stereocenters. The maximum atomic E-state index is 11.0. The first-order valence-electron chi connectivity index (χ1n) is 5.34. The standard InChI is InChI=1S/C10H14N4O4S/c1-18-3-2-4-19-10-8(14(16)17)5-7(6-12-10)9(11)13-15/h5-6,15H,2-4H2,1H3,(H2,11,13). The van der Waals surface area contributed by atoms with Gasteiger partial charge in [0.15, 0.2) is 10.9 Å². The van der Waals surface area contributed by atoms with Crippen LogP contribution in [0.15, 0.2) is 22.4 Å². The second-order valence-corrected chi connectivity index (χ2v) is 4.57. The van der Waals surface area contributed by atoms with Crippen LogP contribution in [0.2, 0.25) is 0 Å². The maximum Gasteiger partial charge on any atom is 0.302 e. The molecule has 1 rings (SSSR count). The van der Waals surface area contributed by atoms with Crippen molar-refractivity contribution in [2.45, 2.75) is 11.4 Å². The third kappa shape index (κ3) is 4.38. The zero-order chi connectivity index (χ0) is 14.3. The predicted molar refractivity (Wildman–Crippen MR) is 70.6 cm³/mol. The van der Waals surface area contributed by atoms with Crippen LogP contribution in [0.4, 0.5) is 5.69 Å². The van der Waals surface area contributed by atoms with Gasteiger partial charge < -0.3 is 15.7 Å². The van der Waals surface area contributed by atoms with Crippen LogP contribution in [0.3, 0.4) is 0 Å². The van der Waals surface area contributed by atoms with E-state index in [9.17, 15) is 10.1 Å². The van der Waals surface area contributed by atoms with Gasteiger partial charge in [0.1, 0.15) is 0 Å². The minimum absolute atomic E-state index is 0.161. The van der Waals surface area contributed by atoms with Crippen LogP contribution in [-0.2, 0) is 4.74 Å². The lowest BCUT2D eigenvalue weighted by Gasteiger charge is -2.04. The molecule has 104 valence electrons. The fourth-order valence-corrected chi connectivity index (χ4v) is 2.12. The highest BCUT2D eigenvalue weighted by atomic mass is 32.2. The SMILES string of the molecule is COCCCSc1ncc(C(N)=NO)cc1[N+](=O)[O-]. The smallest absolute Gasteiger partial charge is 0.302 e. The molecule has 0 aliphatic heterocycles. The van der Waals surface area contributed by atoms with Crippen LogP contribution in [0.1, 0.15) is 12.0 Å². The van der Waals surface area contributed by atoms with Crippen LogP contribution in [-0.4, -0.2) is 40.4 Å². The number of nitrogens with zero attached hydrogens (tertiary/aromatic N) is 3. The second kappa shape index (κ2) is 7.54. The molecular formula is C10H14N4O4S. The molecule has 9 heteroatoms. The average Bonchev–Trinajstić information content (AvgIpc) is 2.42. The molecule has 0 bridgehead atoms. The van der Waals surface area contributed by atoms with Crippen molar-refractivity contribution in [3.05, 3.63) is 27.9 Å². The van der Waals surface area contributed by atoms with Crippen LogP contribution >= 0.6 is 11.8 Å². The molecule has 19 heavy (non-hydrogen) atoms. The monoisotopic (exact) mass is 286 g/mol. The van der Waals surface area contributed by atoms with E-state index < -0.39 is 4.92 Å². The zero-order valence-corrected chi connectivity index (χ0v) is 11.1. The average molecular weight is 286 g/mol. The number of ether oxygens (including phenoxy) is 1. The summed E-state index contributed by atoms with van der Waals surface area (Å²) in [4.78, 5) is 14.4. The van der Waals surface area contributed by atoms with E-state index in [0.717, 1.165) is 6.42 Å². The normalized spacial score (nSPS) is 11.5. The van der Waals surface area contributed by atoms with Gasteiger partial charge in [-0.2, -0.15) is 0 Å². The van der Waals surface area contributed by atoms with Crippen LogP contribution in [0, 0.1) is 10.1 Å². The quantitative estimate of drug-likeness (QED) is 0.147. The van der Waals surface area contributed by atoms with E-state index in [1.54, 1.807) is 7.11 Å². The Labute approximate surface area is 113 Å². The van der Waals surface area contributed by atoms with Crippen molar-refractivity contribution < 1.29 is 14.9 Å². The van der Waals surface area contributed by atoms with Crippen LogP contribution in [0.25, 0.3) is 0 Å². The molecule has 8 nitrogen and oxygen atoms in total. The topological polar surface area (TPSA) is 124 Å². The summed E-state index contributed by atoms with van der Waals surface area (Å²) >= 11 is 1.27. The Kier molecular flexibility index (Phi) is 6.03. The van der Waals surface area contributed by atoms with Gasteiger partial charge >= 0.3 is 5.69 Å². The molecular weight excluding hydrogens is 272 g/mol. The third-order valence-electron chi connectivity index (χ3n) is 2.16. The summed E-state index contributed by atoms with van der Waals surface area (Å²) in [6, 6.07) is 1.24. The minimum atomic E-state index is -0.542. The lowest BCUT2D eigenvalue weighted by molar-refractivity contribution is -0.388. The molecule has 1 heterocycles. The van der Waals surface area contributed by atoms with Gasteiger partial charge in [0.2, 0.25) is 0 Å². The number of amidine groups is 1. The number of hydrogen-bond acceptors (Lipinski definition) is 7. The van der Waals surface area contributed by atoms with Gasteiger partial charge in [0.25, 0.3) is 0 Å². The van der Waals surface area contributed by atoms with Gasteiger partial charge in [-0.3, -0.25) is 10.1 Å². The summed E-state index contributed by atoms with van der Waals surface area (Å²) in [6.07, 6.45) is 2.10. The molecule has 0 spiro atoms. The molecule has 3 N–H and O–H groups in total. The van der Waals surface area contributed by atoms with E-state index in [4.69, 9.17) is 15.7 Å². The highest BCUT2D eigenvalue weighted by molar-refractivity contribution is 7.99. The molecule has 0 radical (unpaired) electrons. The molecule has 0 saturated heterocycles. The number of hydrogen-bond donors (Lipinski definition) is 2. The summed E-state index contributed by atoms with van der Waals surface area (Å²) in [5.74, 6) is 0.441. The van der Waals surface area contributed by atoms with E-state index in [0.29, 0.717) is 17.4 Å². The third-order valence-corrected chi connectivity index (χ3v) is 3.24. The number of aromatic nitrogens is 1. The summed E-state index contributed by atoms with van der Waals surface area (Å²) < 4.78 is 4.89.